The molecule has 0 unspecified atom stereocenters. The minimum absolute atomic E-state index is 0.0879. The molecule has 0 radical (unpaired) electrons. The molecule has 1 heterocycles. The fourth-order valence-corrected chi connectivity index (χ4v) is 1.70. The first-order valence-electron chi connectivity index (χ1n) is 5.68. The molecular weight excluding hydrogens is 224 g/mol. The summed E-state index contributed by atoms with van der Waals surface area (Å²) in [5.74, 6) is -0.914. The van der Waals surface area contributed by atoms with Crippen LogP contribution in [0.15, 0.2) is 12.2 Å². The molecule has 0 aromatic rings. The summed E-state index contributed by atoms with van der Waals surface area (Å²) in [4.78, 5) is 10.9. The summed E-state index contributed by atoms with van der Waals surface area (Å²) in [6.45, 7) is 3.52. The Morgan fingerprint density at radius 1 is 1.47 bits per heavy atom. The molecule has 1 rings (SSSR count). The van der Waals surface area contributed by atoms with E-state index in [4.69, 9.17) is 14.6 Å². The Bertz CT molecular complexity index is 285. The molecule has 0 aromatic carbocycles. The van der Waals surface area contributed by atoms with Gasteiger partial charge in [-0.25, -0.2) is 0 Å². The number of carbonyl (C=O) groups excluding carboxylic acids is 1. The number of aliphatic hydroxyl groups excluding tert-OH is 1. The second kappa shape index (κ2) is 6.14. The Balaban J connectivity index is 2.39. The van der Waals surface area contributed by atoms with Crippen molar-refractivity contribution in [1.29, 1.82) is 0 Å². The molecule has 1 aliphatic rings. The largest absolute Gasteiger partial charge is 0.469 e. The van der Waals surface area contributed by atoms with Crippen LogP contribution >= 0.6 is 0 Å². The second-order valence-electron chi connectivity index (χ2n) is 4.36. The summed E-state index contributed by atoms with van der Waals surface area (Å²) in [5, 5.41) is 9.14. The van der Waals surface area contributed by atoms with Gasteiger partial charge in [-0.2, -0.15) is 0 Å². The molecule has 5 heteroatoms. The maximum atomic E-state index is 10.9. The monoisotopic (exact) mass is 244 g/mol. The van der Waals surface area contributed by atoms with Crippen molar-refractivity contribution in [2.45, 2.75) is 44.7 Å². The molecule has 1 N–H and O–H groups in total. The fraction of sp³-hybridized carbons (Fsp3) is 0.750. The predicted molar refractivity (Wildman–Crippen MR) is 61.3 cm³/mol. The van der Waals surface area contributed by atoms with E-state index < -0.39 is 5.79 Å². The van der Waals surface area contributed by atoms with E-state index in [0.717, 1.165) is 0 Å². The lowest BCUT2D eigenvalue weighted by atomic mass is 10.2. The zero-order chi connectivity index (χ0) is 12.9. The molecule has 0 saturated carbocycles. The van der Waals surface area contributed by atoms with Gasteiger partial charge in [0.05, 0.1) is 13.7 Å². The SMILES string of the molecule is COC(=O)CC/C=C/[C@@H]1OC(C)(C)O[C@@H]1CO. The number of rotatable bonds is 5. The van der Waals surface area contributed by atoms with E-state index in [-0.39, 0.29) is 24.8 Å². The molecule has 0 bridgehead atoms. The van der Waals surface area contributed by atoms with Gasteiger partial charge in [-0.05, 0) is 20.3 Å². The fourth-order valence-electron chi connectivity index (χ4n) is 1.70. The van der Waals surface area contributed by atoms with Crippen LogP contribution in [0.4, 0.5) is 0 Å². The Morgan fingerprint density at radius 2 is 2.18 bits per heavy atom. The van der Waals surface area contributed by atoms with E-state index in [1.165, 1.54) is 7.11 Å². The maximum Gasteiger partial charge on any atom is 0.305 e. The number of allylic oxidation sites excluding steroid dienone is 1. The van der Waals surface area contributed by atoms with Crippen LogP contribution in [0.1, 0.15) is 26.7 Å². The topological polar surface area (TPSA) is 65.0 Å². The van der Waals surface area contributed by atoms with Crippen molar-refractivity contribution in [3.05, 3.63) is 12.2 Å². The van der Waals surface area contributed by atoms with Crippen molar-refractivity contribution in [2.75, 3.05) is 13.7 Å². The number of carbonyl (C=O) groups is 1. The molecule has 17 heavy (non-hydrogen) atoms. The highest BCUT2D eigenvalue weighted by Crippen LogP contribution is 2.28. The van der Waals surface area contributed by atoms with Gasteiger partial charge in [0.1, 0.15) is 12.2 Å². The average molecular weight is 244 g/mol. The minimum Gasteiger partial charge on any atom is -0.469 e. The molecule has 1 saturated heterocycles. The molecule has 98 valence electrons. The van der Waals surface area contributed by atoms with E-state index in [2.05, 4.69) is 4.74 Å². The summed E-state index contributed by atoms with van der Waals surface area (Å²) in [5.41, 5.74) is 0. The molecule has 2 atom stereocenters. The van der Waals surface area contributed by atoms with Crippen molar-refractivity contribution in [2.24, 2.45) is 0 Å². The summed E-state index contributed by atoms with van der Waals surface area (Å²) >= 11 is 0. The van der Waals surface area contributed by atoms with Crippen LogP contribution in [0.25, 0.3) is 0 Å². The maximum absolute atomic E-state index is 10.9. The van der Waals surface area contributed by atoms with Crippen LogP contribution in [0, 0.1) is 0 Å². The van der Waals surface area contributed by atoms with Crippen LogP contribution in [-0.2, 0) is 19.0 Å². The van der Waals surface area contributed by atoms with E-state index in [0.29, 0.717) is 12.8 Å². The van der Waals surface area contributed by atoms with Gasteiger partial charge in [-0.1, -0.05) is 12.2 Å². The lowest BCUT2D eigenvalue weighted by Gasteiger charge is -2.15. The van der Waals surface area contributed by atoms with E-state index in [9.17, 15) is 4.79 Å². The quantitative estimate of drug-likeness (QED) is 0.577. The highest BCUT2D eigenvalue weighted by molar-refractivity contribution is 5.69. The Morgan fingerprint density at radius 3 is 2.76 bits per heavy atom. The van der Waals surface area contributed by atoms with Crippen LogP contribution < -0.4 is 0 Å². The zero-order valence-corrected chi connectivity index (χ0v) is 10.5. The summed E-state index contributed by atoms with van der Waals surface area (Å²) < 4.78 is 15.6. The van der Waals surface area contributed by atoms with Gasteiger partial charge in [0, 0.05) is 6.42 Å². The van der Waals surface area contributed by atoms with E-state index in [1.54, 1.807) is 13.8 Å². The lowest BCUT2D eigenvalue weighted by Crippen LogP contribution is -2.24. The average Bonchev–Trinajstić information content (AvgIpc) is 2.59. The Labute approximate surface area is 101 Å². The van der Waals surface area contributed by atoms with Crippen molar-refractivity contribution in [3.8, 4) is 0 Å². The van der Waals surface area contributed by atoms with Gasteiger partial charge >= 0.3 is 5.97 Å². The second-order valence-corrected chi connectivity index (χ2v) is 4.36. The van der Waals surface area contributed by atoms with Crippen LogP contribution in [0.3, 0.4) is 0 Å². The van der Waals surface area contributed by atoms with E-state index >= 15 is 0 Å². The van der Waals surface area contributed by atoms with Gasteiger partial charge in [-0.3, -0.25) is 4.79 Å². The first-order chi connectivity index (χ1) is 7.98. The van der Waals surface area contributed by atoms with E-state index in [1.807, 2.05) is 12.2 Å². The number of methoxy groups -OCH3 is 1. The molecule has 0 aromatic heterocycles. The molecule has 5 nitrogen and oxygen atoms in total. The highest BCUT2D eigenvalue weighted by Gasteiger charge is 2.39. The minimum atomic E-state index is -0.676. The number of hydrogen-bond donors (Lipinski definition) is 1. The van der Waals surface area contributed by atoms with Crippen LogP contribution in [0.5, 0.6) is 0 Å². The summed E-state index contributed by atoms with van der Waals surface area (Å²) in [6, 6.07) is 0. The summed E-state index contributed by atoms with van der Waals surface area (Å²) in [6.07, 6.45) is 3.97. The molecule has 0 spiro atoms. The Kier molecular flexibility index (Phi) is 5.11. The molecule has 1 aliphatic heterocycles. The normalized spacial score (nSPS) is 27.5. The third-order valence-corrected chi connectivity index (χ3v) is 2.47. The predicted octanol–water partition coefficient (Wildman–Crippen LogP) is 1.01. The van der Waals surface area contributed by atoms with Crippen LogP contribution in [0.2, 0.25) is 0 Å². The standard InChI is InChI=1S/C12H20O5/c1-12(2)16-9(10(8-13)17-12)6-4-5-7-11(14)15-3/h4,6,9-10,13H,5,7-8H2,1-3H3/b6-4+/t9-,10+/m0/s1. The number of aliphatic hydroxyl groups is 1. The highest BCUT2D eigenvalue weighted by atomic mass is 16.8. The van der Waals surface area contributed by atoms with Gasteiger partial charge < -0.3 is 19.3 Å². The number of hydrogen-bond acceptors (Lipinski definition) is 5. The van der Waals surface area contributed by atoms with Gasteiger partial charge in [0.15, 0.2) is 5.79 Å². The lowest BCUT2D eigenvalue weighted by molar-refractivity contribution is -0.146. The van der Waals surface area contributed by atoms with Gasteiger partial charge in [0.2, 0.25) is 0 Å². The number of esters is 1. The Hall–Kier alpha value is -0.910. The summed E-state index contributed by atoms with van der Waals surface area (Å²) in [7, 11) is 1.37. The van der Waals surface area contributed by atoms with Crippen LogP contribution in [-0.4, -0.2) is 42.8 Å². The molecule has 1 fully saturated rings. The first-order valence-corrected chi connectivity index (χ1v) is 5.68. The zero-order valence-electron chi connectivity index (χ0n) is 10.5. The van der Waals surface area contributed by atoms with Crippen molar-refractivity contribution >= 4 is 5.97 Å². The first kappa shape index (κ1) is 14.2. The third-order valence-electron chi connectivity index (χ3n) is 2.47. The smallest absolute Gasteiger partial charge is 0.305 e. The van der Waals surface area contributed by atoms with Crippen molar-refractivity contribution in [1.82, 2.24) is 0 Å². The molecule has 0 amide bonds. The van der Waals surface area contributed by atoms with Crippen molar-refractivity contribution in [3.63, 3.8) is 0 Å². The van der Waals surface area contributed by atoms with Gasteiger partial charge in [0.25, 0.3) is 0 Å². The molecular formula is C12H20O5. The molecule has 0 aliphatic carbocycles. The number of ether oxygens (including phenoxy) is 3. The van der Waals surface area contributed by atoms with Gasteiger partial charge in [-0.15, -0.1) is 0 Å². The van der Waals surface area contributed by atoms with Crippen molar-refractivity contribution < 1.29 is 24.1 Å². The third kappa shape index (κ3) is 4.46.